The predicted octanol–water partition coefficient (Wildman–Crippen LogP) is 1.95. The van der Waals surface area contributed by atoms with Crippen molar-refractivity contribution in [3.63, 3.8) is 0 Å². The Morgan fingerprint density at radius 1 is 1.33 bits per heavy atom. The zero-order chi connectivity index (χ0) is 13.2. The van der Waals surface area contributed by atoms with Gasteiger partial charge in [0, 0.05) is 6.42 Å². The summed E-state index contributed by atoms with van der Waals surface area (Å²) in [6.07, 6.45) is 1.73. The fraction of sp³-hybridized carbons (Fsp3) is 0.357. The summed E-state index contributed by atoms with van der Waals surface area (Å²) >= 11 is 0. The Morgan fingerprint density at radius 3 is 2.72 bits per heavy atom. The van der Waals surface area contributed by atoms with Crippen LogP contribution in [0.25, 0.3) is 0 Å². The Labute approximate surface area is 106 Å². The highest BCUT2D eigenvalue weighted by atomic mass is 16.7. The molecule has 0 amide bonds. The normalized spacial score (nSPS) is 22.2. The van der Waals surface area contributed by atoms with Crippen molar-refractivity contribution in [3.8, 4) is 0 Å². The SMILES string of the molecule is Cc1ccc(C2=NOC(C=O)(CC=O)C2)cc1C. The average molecular weight is 245 g/mol. The van der Waals surface area contributed by atoms with Gasteiger partial charge >= 0.3 is 0 Å². The van der Waals surface area contributed by atoms with Crippen LogP contribution >= 0.6 is 0 Å². The summed E-state index contributed by atoms with van der Waals surface area (Å²) in [4.78, 5) is 26.8. The van der Waals surface area contributed by atoms with Crippen molar-refractivity contribution >= 4 is 18.3 Å². The third-order valence-corrected chi connectivity index (χ3v) is 3.29. The van der Waals surface area contributed by atoms with Crippen molar-refractivity contribution in [2.75, 3.05) is 0 Å². The second kappa shape index (κ2) is 4.72. The molecule has 0 spiro atoms. The van der Waals surface area contributed by atoms with Crippen molar-refractivity contribution in [1.29, 1.82) is 0 Å². The van der Waals surface area contributed by atoms with E-state index in [1.807, 2.05) is 32.0 Å². The lowest BCUT2D eigenvalue weighted by Gasteiger charge is -2.15. The minimum atomic E-state index is -1.10. The smallest absolute Gasteiger partial charge is 0.204 e. The molecule has 0 saturated carbocycles. The first-order chi connectivity index (χ1) is 8.60. The number of aryl methyl sites for hydroxylation is 2. The van der Waals surface area contributed by atoms with E-state index in [0.717, 1.165) is 11.1 Å². The summed E-state index contributed by atoms with van der Waals surface area (Å²) in [6.45, 7) is 4.06. The van der Waals surface area contributed by atoms with Crippen LogP contribution in [0.3, 0.4) is 0 Å². The number of nitrogens with zero attached hydrogens (tertiary/aromatic N) is 1. The molecular weight excluding hydrogens is 230 g/mol. The Bertz CT molecular complexity index is 522. The first kappa shape index (κ1) is 12.5. The van der Waals surface area contributed by atoms with Gasteiger partial charge < -0.3 is 9.63 Å². The van der Waals surface area contributed by atoms with Crippen LogP contribution in [0.2, 0.25) is 0 Å². The minimum Gasteiger partial charge on any atom is -0.380 e. The molecule has 0 fully saturated rings. The van der Waals surface area contributed by atoms with E-state index in [-0.39, 0.29) is 6.42 Å². The van der Waals surface area contributed by atoms with E-state index in [1.165, 1.54) is 5.56 Å². The van der Waals surface area contributed by atoms with Gasteiger partial charge in [0.15, 0.2) is 6.29 Å². The molecule has 1 aliphatic heterocycles. The third kappa shape index (κ3) is 2.18. The molecule has 1 atom stereocenters. The maximum absolute atomic E-state index is 11.1. The van der Waals surface area contributed by atoms with Crippen LogP contribution in [0.5, 0.6) is 0 Å². The van der Waals surface area contributed by atoms with E-state index < -0.39 is 5.60 Å². The summed E-state index contributed by atoms with van der Waals surface area (Å²) in [5.74, 6) is 0. The number of hydrogen-bond donors (Lipinski definition) is 0. The first-order valence-electron chi connectivity index (χ1n) is 5.83. The third-order valence-electron chi connectivity index (χ3n) is 3.29. The topological polar surface area (TPSA) is 55.7 Å². The van der Waals surface area contributed by atoms with E-state index in [0.29, 0.717) is 24.7 Å². The van der Waals surface area contributed by atoms with Gasteiger partial charge in [-0.05, 0) is 36.6 Å². The predicted molar refractivity (Wildman–Crippen MR) is 67.6 cm³/mol. The summed E-state index contributed by atoms with van der Waals surface area (Å²) < 4.78 is 0. The molecule has 0 radical (unpaired) electrons. The molecule has 2 rings (SSSR count). The molecule has 1 aromatic carbocycles. The van der Waals surface area contributed by atoms with E-state index >= 15 is 0 Å². The van der Waals surface area contributed by atoms with Gasteiger partial charge in [-0.1, -0.05) is 17.3 Å². The maximum atomic E-state index is 11.1. The number of oxime groups is 1. The standard InChI is InChI=1S/C14H15NO3/c1-10-3-4-12(7-11(10)2)13-8-14(9-17,5-6-16)18-15-13/h3-4,6-7,9H,5,8H2,1-2H3. The molecule has 0 aromatic heterocycles. The Hall–Kier alpha value is -1.97. The van der Waals surface area contributed by atoms with Crippen molar-refractivity contribution < 1.29 is 14.4 Å². The number of rotatable bonds is 4. The summed E-state index contributed by atoms with van der Waals surface area (Å²) in [5.41, 5.74) is 2.91. The molecule has 0 saturated heterocycles. The van der Waals surface area contributed by atoms with Gasteiger partial charge in [0.05, 0.1) is 12.1 Å². The number of carbonyl (C=O) groups excluding carboxylic acids is 2. The average Bonchev–Trinajstić information content (AvgIpc) is 2.78. The lowest BCUT2D eigenvalue weighted by Crippen LogP contribution is -2.31. The van der Waals surface area contributed by atoms with Crippen LogP contribution < -0.4 is 0 Å². The van der Waals surface area contributed by atoms with Gasteiger partial charge in [-0.2, -0.15) is 0 Å². The molecule has 1 aliphatic rings. The molecule has 0 N–H and O–H groups in total. The monoisotopic (exact) mass is 245 g/mol. The molecule has 1 unspecified atom stereocenters. The molecule has 18 heavy (non-hydrogen) atoms. The van der Waals surface area contributed by atoms with E-state index in [4.69, 9.17) is 4.84 Å². The molecule has 4 nitrogen and oxygen atoms in total. The zero-order valence-corrected chi connectivity index (χ0v) is 10.5. The minimum absolute atomic E-state index is 0.0361. The summed E-state index contributed by atoms with van der Waals surface area (Å²) in [7, 11) is 0. The Balaban J connectivity index is 2.24. The van der Waals surface area contributed by atoms with Gasteiger partial charge in [-0.3, -0.25) is 4.79 Å². The number of carbonyl (C=O) groups is 2. The van der Waals surface area contributed by atoms with Crippen molar-refractivity contribution in [2.45, 2.75) is 32.3 Å². The lowest BCUT2D eigenvalue weighted by molar-refractivity contribution is -0.132. The molecule has 0 aliphatic carbocycles. The molecule has 4 heteroatoms. The molecule has 0 bridgehead atoms. The van der Waals surface area contributed by atoms with Crippen LogP contribution in [0.4, 0.5) is 0 Å². The van der Waals surface area contributed by atoms with E-state index in [1.54, 1.807) is 0 Å². The van der Waals surface area contributed by atoms with Crippen LogP contribution in [-0.4, -0.2) is 23.9 Å². The van der Waals surface area contributed by atoms with Gasteiger partial charge in [-0.15, -0.1) is 0 Å². The van der Waals surface area contributed by atoms with Crippen molar-refractivity contribution in [3.05, 3.63) is 34.9 Å². The molecular formula is C14H15NO3. The highest BCUT2D eigenvalue weighted by molar-refractivity contribution is 6.04. The number of aldehydes is 2. The second-order valence-corrected chi connectivity index (χ2v) is 4.66. The Kier molecular flexibility index (Phi) is 3.28. The van der Waals surface area contributed by atoms with Gasteiger partial charge in [-0.25, -0.2) is 0 Å². The Morgan fingerprint density at radius 2 is 2.11 bits per heavy atom. The highest BCUT2D eigenvalue weighted by Gasteiger charge is 2.39. The van der Waals surface area contributed by atoms with E-state index in [2.05, 4.69) is 5.16 Å². The highest BCUT2D eigenvalue weighted by Crippen LogP contribution is 2.28. The fourth-order valence-electron chi connectivity index (χ4n) is 1.93. The van der Waals surface area contributed by atoms with Crippen LogP contribution in [0.15, 0.2) is 23.4 Å². The van der Waals surface area contributed by atoms with Crippen LogP contribution in [-0.2, 0) is 14.4 Å². The molecule has 1 aromatic rings. The second-order valence-electron chi connectivity index (χ2n) is 4.66. The number of hydrogen-bond acceptors (Lipinski definition) is 4. The summed E-state index contributed by atoms with van der Waals surface area (Å²) in [6, 6.07) is 5.97. The van der Waals surface area contributed by atoms with Crippen molar-refractivity contribution in [2.24, 2.45) is 5.16 Å². The maximum Gasteiger partial charge on any atom is 0.204 e. The van der Waals surface area contributed by atoms with Gasteiger partial charge in [0.25, 0.3) is 0 Å². The van der Waals surface area contributed by atoms with Gasteiger partial charge in [0.2, 0.25) is 5.60 Å². The first-order valence-corrected chi connectivity index (χ1v) is 5.83. The van der Waals surface area contributed by atoms with Crippen molar-refractivity contribution in [1.82, 2.24) is 0 Å². The lowest BCUT2D eigenvalue weighted by atomic mass is 9.92. The van der Waals surface area contributed by atoms with Crippen LogP contribution in [0.1, 0.15) is 29.5 Å². The van der Waals surface area contributed by atoms with E-state index in [9.17, 15) is 9.59 Å². The summed E-state index contributed by atoms with van der Waals surface area (Å²) in [5, 5.41) is 3.95. The fourth-order valence-corrected chi connectivity index (χ4v) is 1.93. The zero-order valence-electron chi connectivity index (χ0n) is 10.5. The molecule has 94 valence electrons. The molecule has 1 heterocycles. The number of benzene rings is 1. The van der Waals surface area contributed by atoms with Crippen LogP contribution in [0, 0.1) is 13.8 Å². The van der Waals surface area contributed by atoms with Gasteiger partial charge in [0.1, 0.15) is 6.29 Å². The largest absolute Gasteiger partial charge is 0.380 e. The quantitative estimate of drug-likeness (QED) is 0.762.